The quantitative estimate of drug-likeness (QED) is 0.875. The van der Waals surface area contributed by atoms with Crippen LogP contribution in [-0.4, -0.2) is 20.1 Å². The third-order valence-corrected chi connectivity index (χ3v) is 4.27. The van der Waals surface area contributed by atoms with E-state index in [1.165, 1.54) is 36.9 Å². The van der Waals surface area contributed by atoms with E-state index in [9.17, 15) is 0 Å². The molecular weight excluding hydrogens is 220 g/mol. The molecule has 0 saturated heterocycles. The first-order valence-corrected chi connectivity index (χ1v) is 7.17. The van der Waals surface area contributed by atoms with Crippen LogP contribution in [0.5, 0.6) is 0 Å². The lowest BCUT2D eigenvalue weighted by molar-refractivity contribution is 0.340. The maximum atomic E-state index is 3.26. The molecule has 0 aliphatic heterocycles. The molecule has 0 aromatic heterocycles. The fraction of sp³-hybridized carbons (Fsp3) is 0.625. The normalized spacial score (nSPS) is 23.9. The van der Waals surface area contributed by atoms with E-state index >= 15 is 0 Å². The monoisotopic (exact) mass is 246 g/mol. The Labute approximate surface area is 111 Å². The molecule has 0 bridgehead atoms. The van der Waals surface area contributed by atoms with Gasteiger partial charge in [0.05, 0.1) is 0 Å². The predicted octanol–water partition coefficient (Wildman–Crippen LogP) is 3.42. The lowest BCUT2D eigenvalue weighted by atomic mass is 9.86. The van der Waals surface area contributed by atoms with Gasteiger partial charge in [0.2, 0.25) is 0 Å². The van der Waals surface area contributed by atoms with E-state index < -0.39 is 0 Å². The highest BCUT2D eigenvalue weighted by Gasteiger charge is 2.22. The molecule has 2 heteroatoms. The van der Waals surface area contributed by atoms with Gasteiger partial charge < -0.3 is 10.2 Å². The largest absolute Gasteiger partial charge is 0.371 e. The fourth-order valence-electron chi connectivity index (χ4n) is 3.02. The number of benzene rings is 1. The van der Waals surface area contributed by atoms with Gasteiger partial charge in [-0.3, -0.25) is 0 Å². The summed E-state index contributed by atoms with van der Waals surface area (Å²) in [6.07, 6.45) is 5.43. The Morgan fingerprint density at radius 2 is 1.83 bits per heavy atom. The summed E-state index contributed by atoms with van der Waals surface area (Å²) in [5.41, 5.74) is 2.80. The number of anilines is 1. The van der Waals surface area contributed by atoms with Crippen LogP contribution in [0.2, 0.25) is 0 Å². The van der Waals surface area contributed by atoms with Crippen LogP contribution in [0.3, 0.4) is 0 Å². The van der Waals surface area contributed by atoms with Crippen molar-refractivity contribution in [1.29, 1.82) is 0 Å². The second-order valence-electron chi connectivity index (χ2n) is 5.68. The van der Waals surface area contributed by atoms with Gasteiger partial charge in [-0.15, -0.1) is 0 Å². The SMILES string of the molecule is CNCc1ccccc1N(C)C1CCC(C)CC1. The third-order valence-electron chi connectivity index (χ3n) is 4.27. The minimum atomic E-state index is 0.721. The zero-order valence-electron chi connectivity index (χ0n) is 11.9. The Morgan fingerprint density at radius 3 is 2.50 bits per heavy atom. The molecular formula is C16H26N2. The summed E-state index contributed by atoms with van der Waals surface area (Å²) in [4.78, 5) is 2.50. The molecule has 2 rings (SSSR count). The van der Waals surface area contributed by atoms with E-state index in [4.69, 9.17) is 0 Å². The zero-order valence-corrected chi connectivity index (χ0v) is 11.9. The molecule has 0 heterocycles. The standard InChI is InChI=1S/C16H26N2/c1-13-8-10-15(11-9-13)18(3)16-7-5-4-6-14(16)12-17-2/h4-7,13,15,17H,8-12H2,1-3H3. The number of hydrogen-bond acceptors (Lipinski definition) is 2. The van der Waals surface area contributed by atoms with E-state index in [-0.39, 0.29) is 0 Å². The molecule has 1 aliphatic rings. The summed E-state index contributed by atoms with van der Waals surface area (Å²) in [6, 6.07) is 9.49. The van der Waals surface area contributed by atoms with Crippen LogP contribution in [0.15, 0.2) is 24.3 Å². The highest BCUT2D eigenvalue weighted by Crippen LogP contribution is 2.30. The van der Waals surface area contributed by atoms with Gasteiger partial charge in [-0.25, -0.2) is 0 Å². The van der Waals surface area contributed by atoms with Crippen LogP contribution in [0.25, 0.3) is 0 Å². The molecule has 0 radical (unpaired) electrons. The molecule has 0 spiro atoms. The maximum Gasteiger partial charge on any atom is 0.0411 e. The van der Waals surface area contributed by atoms with Crippen molar-refractivity contribution in [3.63, 3.8) is 0 Å². The third kappa shape index (κ3) is 3.05. The van der Waals surface area contributed by atoms with Crippen molar-refractivity contribution >= 4 is 5.69 Å². The van der Waals surface area contributed by atoms with Crippen molar-refractivity contribution in [2.24, 2.45) is 5.92 Å². The van der Waals surface area contributed by atoms with Crippen LogP contribution < -0.4 is 10.2 Å². The summed E-state index contributed by atoms with van der Waals surface area (Å²) in [7, 11) is 4.27. The van der Waals surface area contributed by atoms with Gasteiger partial charge >= 0.3 is 0 Å². The average molecular weight is 246 g/mol. The minimum Gasteiger partial charge on any atom is -0.371 e. The molecule has 1 aromatic carbocycles. The molecule has 1 saturated carbocycles. The number of para-hydroxylation sites is 1. The van der Waals surface area contributed by atoms with Crippen LogP contribution in [-0.2, 0) is 6.54 Å². The molecule has 18 heavy (non-hydrogen) atoms. The smallest absolute Gasteiger partial charge is 0.0411 e. The number of rotatable bonds is 4. The second kappa shape index (κ2) is 6.24. The topological polar surface area (TPSA) is 15.3 Å². The molecule has 100 valence electrons. The summed E-state index contributed by atoms with van der Waals surface area (Å²) < 4.78 is 0. The van der Waals surface area contributed by atoms with E-state index in [0.29, 0.717) is 0 Å². The Morgan fingerprint density at radius 1 is 1.17 bits per heavy atom. The lowest BCUT2D eigenvalue weighted by Crippen LogP contribution is -2.35. The summed E-state index contributed by atoms with van der Waals surface area (Å²) in [5.74, 6) is 0.919. The lowest BCUT2D eigenvalue weighted by Gasteiger charge is -2.36. The number of nitrogens with zero attached hydrogens (tertiary/aromatic N) is 1. The Kier molecular flexibility index (Phi) is 4.65. The molecule has 0 amide bonds. The van der Waals surface area contributed by atoms with E-state index in [1.807, 2.05) is 7.05 Å². The fourth-order valence-corrected chi connectivity index (χ4v) is 3.02. The van der Waals surface area contributed by atoms with Crippen LogP contribution in [0, 0.1) is 5.92 Å². The van der Waals surface area contributed by atoms with Gasteiger partial charge in [0.15, 0.2) is 0 Å². The zero-order chi connectivity index (χ0) is 13.0. The van der Waals surface area contributed by atoms with Gasteiger partial charge in [0.25, 0.3) is 0 Å². The van der Waals surface area contributed by atoms with Crippen molar-refractivity contribution in [3.05, 3.63) is 29.8 Å². The number of hydrogen-bond donors (Lipinski definition) is 1. The Balaban J connectivity index is 2.10. The summed E-state index contributed by atoms with van der Waals surface area (Å²) in [6.45, 7) is 3.33. The molecule has 0 atom stereocenters. The summed E-state index contributed by atoms with van der Waals surface area (Å²) in [5, 5.41) is 3.26. The van der Waals surface area contributed by atoms with E-state index in [1.54, 1.807) is 0 Å². The summed E-state index contributed by atoms with van der Waals surface area (Å²) >= 11 is 0. The van der Waals surface area contributed by atoms with Crippen molar-refractivity contribution in [1.82, 2.24) is 5.32 Å². The molecule has 1 aromatic rings. The van der Waals surface area contributed by atoms with Gasteiger partial charge in [-0.05, 0) is 50.3 Å². The maximum absolute atomic E-state index is 3.26. The van der Waals surface area contributed by atoms with Crippen LogP contribution in [0.1, 0.15) is 38.2 Å². The van der Waals surface area contributed by atoms with Crippen LogP contribution >= 0.6 is 0 Å². The van der Waals surface area contributed by atoms with Gasteiger partial charge in [-0.2, -0.15) is 0 Å². The average Bonchev–Trinajstić information content (AvgIpc) is 2.40. The molecule has 1 N–H and O–H groups in total. The highest BCUT2D eigenvalue weighted by atomic mass is 15.1. The first-order valence-electron chi connectivity index (χ1n) is 7.17. The van der Waals surface area contributed by atoms with Crippen molar-refractivity contribution in [2.45, 2.75) is 45.2 Å². The minimum absolute atomic E-state index is 0.721. The van der Waals surface area contributed by atoms with Gasteiger partial charge in [0.1, 0.15) is 0 Å². The Bertz CT molecular complexity index is 367. The highest BCUT2D eigenvalue weighted by molar-refractivity contribution is 5.53. The molecule has 1 fully saturated rings. The van der Waals surface area contributed by atoms with Crippen molar-refractivity contribution in [2.75, 3.05) is 19.0 Å². The van der Waals surface area contributed by atoms with Gasteiger partial charge in [-0.1, -0.05) is 25.1 Å². The van der Waals surface area contributed by atoms with Crippen LogP contribution in [0.4, 0.5) is 5.69 Å². The first kappa shape index (κ1) is 13.4. The molecule has 1 aliphatic carbocycles. The van der Waals surface area contributed by atoms with E-state index in [2.05, 4.69) is 48.5 Å². The molecule has 0 unspecified atom stereocenters. The van der Waals surface area contributed by atoms with Gasteiger partial charge in [0, 0.05) is 25.3 Å². The second-order valence-corrected chi connectivity index (χ2v) is 5.68. The molecule has 2 nitrogen and oxygen atoms in total. The Hall–Kier alpha value is -1.02. The number of nitrogens with one attached hydrogen (secondary N) is 1. The van der Waals surface area contributed by atoms with E-state index in [0.717, 1.165) is 18.5 Å². The first-order chi connectivity index (χ1) is 8.72. The predicted molar refractivity (Wildman–Crippen MR) is 79.0 cm³/mol. The van der Waals surface area contributed by atoms with Crippen molar-refractivity contribution < 1.29 is 0 Å². The van der Waals surface area contributed by atoms with Crippen molar-refractivity contribution in [3.8, 4) is 0 Å².